The predicted octanol–water partition coefficient (Wildman–Crippen LogP) is 4.47. The van der Waals surface area contributed by atoms with Crippen LogP contribution >= 0.6 is 0 Å². The zero-order valence-corrected chi connectivity index (χ0v) is 13.4. The minimum atomic E-state index is 0.280. The molecule has 0 heterocycles. The highest BCUT2D eigenvalue weighted by molar-refractivity contribution is 4.98. The van der Waals surface area contributed by atoms with Crippen LogP contribution in [0.4, 0.5) is 0 Å². The van der Waals surface area contributed by atoms with E-state index in [1.54, 1.807) is 25.7 Å². The Kier molecular flexibility index (Phi) is 3.71. The van der Waals surface area contributed by atoms with Gasteiger partial charge in [-0.3, -0.25) is 0 Å². The van der Waals surface area contributed by atoms with Gasteiger partial charge in [-0.2, -0.15) is 0 Å². The summed E-state index contributed by atoms with van der Waals surface area (Å²) in [6, 6.07) is 0. The molecule has 1 N–H and O–H groups in total. The highest BCUT2D eigenvalue weighted by atomic mass is 14.9. The topological polar surface area (TPSA) is 12.0 Å². The summed E-state index contributed by atoms with van der Waals surface area (Å²) in [6.45, 7) is 10.7. The smallest absolute Gasteiger partial charge is 0.00966 e. The normalized spacial score (nSPS) is 46.1. The molecule has 0 aromatic rings. The van der Waals surface area contributed by atoms with Crippen molar-refractivity contribution in [3.8, 4) is 0 Å². The van der Waals surface area contributed by atoms with E-state index in [-0.39, 0.29) is 5.54 Å². The molecule has 0 saturated heterocycles. The average Bonchev–Trinajstić information content (AvgIpc) is 2.85. The Morgan fingerprint density at radius 2 is 1.63 bits per heavy atom. The molecule has 0 radical (unpaired) electrons. The highest BCUT2D eigenvalue weighted by Crippen LogP contribution is 2.55. The lowest BCUT2D eigenvalue weighted by atomic mass is 9.69. The standard InChI is InChI=1S/C18H33N/c1-12-8-15-9-13-6-5-7-14(13)10-16(15)17(12)11-19-18(2,3)4/h12-17,19H,5-11H2,1-4H3. The fourth-order valence-corrected chi connectivity index (χ4v) is 5.49. The third-order valence-corrected chi connectivity index (χ3v) is 6.43. The summed E-state index contributed by atoms with van der Waals surface area (Å²) in [5, 5.41) is 3.79. The van der Waals surface area contributed by atoms with Gasteiger partial charge < -0.3 is 5.32 Å². The summed E-state index contributed by atoms with van der Waals surface area (Å²) in [6.07, 6.45) is 9.27. The SMILES string of the molecule is CC1CC2CC3CCCC3CC2C1CNC(C)(C)C. The highest BCUT2D eigenvalue weighted by Gasteiger charge is 2.47. The van der Waals surface area contributed by atoms with E-state index < -0.39 is 0 Å². The molecule has 3 rings (SSSR count). The molecule has 0 aliphatic heterocycles. The number of hydrogen-bond acceptors (Lipinski definition) is 1. The first-order valence-corrected chi connectivity index (χ1v) is 8.69. The van der Waals surface area contributed by atoms with Crippen LogP contribution in [0.5, 0.6) is 0 Å². The first-order valence-electron chi connectivity index (χ1n) is 8.69. The lowest BCUT2D eigenvalue weighted by Crippen LogP contribution is -2.42. The van der Waals surface area contributed by atoms with Crippen LogP contribution in [-0.4, -0.2) is 12.1 Å². The average molecular weight is 263 g/mol. The van der Waals surface area contributed by atoms with E-state index in [1.165, 1.54) is 19.4 Å². The minimum Gasteiger partial charge on any atom is -0.312 e. The molecule has 1 heteroatoms. The van der Waals surface area contributed by atoms with Crippen LogP contribution in [0.3, 0.4) is 0 Å². The van der Waals surface area contributed by atoms with E-state index >= 15 is 0 Å². The van der Waals surface area contributed by atoms with Crippen molar-refractivity contribution in [2.75, 3.05) is 6.54 Å². The van der Waals surface area contributed by atoms with E-state index in [9.17, 15) is 0 Å². The zero-order chi connectivity index (χ0) is 13.6. The van der Waals surface area contributed by atoms with Crippen LogP contribution in [0.15, 0.2) is 0 Å². The maximum absolute atomic E-state index is 3.79. The quantitative estimate of drug-likeness (QED) is 0.775. The van der Waals surface area contributed by atoms with Crippen LogP contribution < -0.4 is 5.32 Å². The Morgan fingerprint density at radius 3 is 2.32 bits per heavy atom. The maximum Gasteiger partial charge on any atom is 0.00966 e. The second-order valence-electron chi connectivity index (χ2n) is 8.85. The number of fused-ring (bicyclic) bond motifs is 2. The summed E-state index contributed by atoms with van der Waals surface area (Å²) in [5.74, 6) is 6.23. The zero-order valence-electron chi connectivity index (χ0n) is 13.4. The molecule has 19 heavy (non-hydrogen) atoms. The first-order chi connectivity index (χ1) is 8.94. The van der Waals surface area contributed by atoms with Crippen molar-refractivity contribution in [1.82, 2.24) is 5.32 Å². The molecule has 3 fully saturated rings. The van der Waals surface area contributed by atoms with Gasteiger partial charge in [0.25, 0.3) is 0 Å². The van der Waals surface area contributed by atoms with Crippen molar-refractivity contribution in [3.63, 3.8) is 0 Å². The number of rotatable bonds is 2. The molecule has 3 aliphatic rings. The summed E-state index contributed by atoms with van der Waals surface area (Å²) >= 11 is 0. The fourth-order valence-electron chi connectivity index (χ4n) is 5.49. The summed E-state index contributed by atoms with van der Waals surface area (Å²) in [5.41, 5.74) is 0.280. The van der Waals surface area contributed by atoms with E-state index in [1.807, 2.05) is 0 Å². The van der Waals surface area contributed by atoms with Gasteiger partial charge in [0.15, 0.2) is 0 Å². The summed E-state index contributed by atoms with van der Waals surface area (Å²) < 4.78 is 0. The lowest BCUT2D eigenvalue weighted by Gasteiger charge is -2.38. The van der Waals surface area contributed by atoms with Gasteiger partial charge in [-0.05, 0) is 82.1 Å². The molecule has 6 unspecified atom stereocenters. The van der Waals surface area contributed by atoms with Crippen LogP contribution in [0.25, 0.3) is 0 Å². The summed E-state index contributed by atoms with van der Waals surface area (Å²) in [4.78, 5) is 0. The molecular formula is C18H33N. The maximum atomic E-state index is 3.79. The molecule has 110 valence electrons. The molecule has 6 atom stereocenters. The third-order valence-electron chi connectivity index (χ3n) is 6.43. The second-order valence-corrected chi connectivity index (χ2v) is 8.85. The largest absolute Gasteiger partial charge is 0.312 e. The summed E-state index contributed by atoms with van der Waals surface area (Å²) in [7, 11) is 0. The van der Waals surface area contributed by atoms with E-state index in [0.29, 0.717) is 0 Å². The Labute approximate surface area is 119 Å². The van der Waals surface area contributed by atoms with Gasteiger partial charge in [0, 0.05) is 5.54 Å². The van der Waals surface area contributed by atoms with Crippen molar-refractivity contribution in [1.29, 1.82) is 0 Å². The molecule has 0 bridgehead atoms. The van der Waals surface area contributed by atoms with Crippen molar-refractivity contribution < 1.29 is 0 Å². The monoisotopic (exact) mass is 263 g/mol. The first kappa shape index (κ1) is 13.9. The third kappa shape index (κ3) is 2.86. The van der Waals surface area contributed by atoms with Gasteiger partial charge in [-0.1, -0.05) is 26.2 Å². The van der Waals surface area contributed by atoms with Crippen LogP contribution in [-0.2, 0) is 0 Å². The Morgan fingerprint density at radius 1 is 0.947 bits per heavy atom. The van der Waals surface area contributed by atoms with Gasteiger partial charge >= 0.3 is 0 Å². The van der Waals surface area contributed by atoms with Gasteiger partial charge in [0.1, 0.15) is 0 Å². The van der Waals surface area contributed by atoms with Crippen LogP contribution in [0.1, 0.15) is 66.2 Å². The van der Waals surface area contributed by atoms with Crippen molar-refractivity contribution in [3.05, 3.63) is 0 Å². The Hall–Kier alpha value is -0.0400. The van der Waals surface area contributed by atoms with Crippen LogP contribution in [0, 0.1) is 35.5 Å². The Bertz CT molecular complexity index is 316. The van der Waals surface area contributed by atoms with Gasteiger partial charge in [-0.15, -0.1) is 0 Å². The van der Waals surface area contributed by atoms with Crippen molar-refractivity contribution >= 4 is 0 Å². The van der Waals surface area contributed by atoms with E-state index in [2.05, 4.69) is 33.0 Å². The lowest BCUT2D eigenvalue weighted by molar-refractivity contribution is 0.124. The Balaban J connectivity index is 1.64. The molecule has 0 aromatic heterocycles. The molecule has 0 spiro atoms. The van der Waals surface area contributed by atoms with Gasteiger partial charge in [0.2, 0.25) is 0 Å². The fraction of sp³-hybridized carbons (Fsp3) is 1.00. The van der Waals surface area contributed by atoms with Crippen LogP contribution in [0.2, 0.25) is 0 Å². The predicted molar refractivity (Wildman–Crippen MR) is 82.1 cm³/mol. The minimum absolute atomic E-state index is 0.280. The van der Waals surface area contributed by atoms with Gasteiger partial charge in [-0.25, -0.2) is 0 Å². The number of hydrogen-bond donors (Lipinski definition) is 1. The number of nitrogens with one attached hydrogen (secondary N) is 1. The molecular weight excluding hydrogens is 230 g/mol. The molecule has 1 nitrogen and oxygen atoms in total. The molecule has 3 aliphatic carbocycles. The van der Waals surface area contributed by atoms with E-state index in [0.717, 1.165) is 35.5 Å². The van der Waals surface area contributed by atoms with Crippen molar-refractivity contribution in [2.24, 2.45) is 35.5 Å². The molecule has 0 amide bonds. The van der Waals surface area contributed by atoms with Crippen molar-refractivity contribution in [2.45, 2.75) is 71.8 Å². The molecule has 0 aromatic carbocycles. The second kappa shape index (κ2) is 5.06. The molecule has 3 saturated carbocycles. The van der Waals surface area contributed by atoms with Gasteiger partial charge in [0.05, 0.1) is 0 Å². The van der Waals surface area contributed by atoms with E-state index in [4.69, 9.17) is 0 Å².